The maximum absolute atomic E-state index is 11.4. The fourth-order valence-corrected chi connectivity index (χ4v) is 1.76. The SMILES string of the molecule is CN1C(=O)N(C)C2C(=O)NC(=O)NC21. The van der Waals surface area contributed by atoms with Crippen molar-refractivity contribution >= 4 is 18.0 Å². The van der Waals surface area contributed by atoms with Gasteiger partial charge in [0.25, 0.3) is 5.91 Å². The number of amides is 5. The van der Waals surface area contributed by atoms with Gasteiger partial charge in [0.15, 0.2) is 6.04 Å². The molecule has 14 heavy (non-hydrogen) atoms. The smallest absolute Gasteiger partial charge is 0.315 e. The van der Waals surface area contributed by atoms with Crippen molar-refractivity contribution in [3.8, 4) is 0 Å². The van der Waals surface area contributed by atoms with Gasteiger partial charge in [-0.05, 0) is 0 Å². The number of fused-ring (bicyclic) bond motifs is 1. The minimum atomic E-state index is -0.634. The van der Waals surface area contributed by atoms with E-state index in [-0.39, 0.29) is 6.03 Å². The van der Waals surface area contributed by atoms with Gasteiger partial charge < -0.3 is 15.1 Å². The monoisotopic (exact) mass is 198 g/mol. The maximum atomic E-state index is 11.4. The zero-order chi connectivity index (χ0) is 10.5. The van der Waals surface area contributed by atoms with E-state index in [1.54, 1.807) is 7.05 Å². The fourth-order valence-electron chi connectivity index (χ4n) is 1.76. The second-order valence-corrected chi connectivity index (χ2v) is 3.36. The molecule has 7 heteroatoms. The van der Waals surface area contributed by atoms with E-state index >= 15 is 0 Å². The highest BCUT2D eigenvalue weighted by atomic mass is 16.2. The summed E-state index contributed by atoms with van der Waals surface area (Å²) in [7, 11) is 3.07. The third-order valence-electron chi connectivity index (χ3n) is 2.52. The van der Waals surface area contributed by atoms with Crippen molar-refractivity contribution in [2.45, 2.75) is 12.2 Å². The van der Waals surface area contributed by atoms with Crippen LogP contribution in [0.3, 0.4) is 0 Å². The van der Waals surface area contributed by atoms with Gasteiger partial charge in [0.1, 0.15) is 6.17 Å². The van der Waals surface area contributed by atoms with Crippen LogP contribution in [0.5, 0.6) is 0 Å². The molecule has 0 aromatic rings. The summed E-state index contributed by atoms with van der Waals surface area (Å²) >= 11 is 0. The molecule has 0 aromatic heterocycles. The summed E-state index contributed by atoms with van der Waals surface area (Å²) in [4.78, 5) is 36.5. The maximum Gasteiger partial charge on any atom is 0.323 e. The van der Waals surface area contributed by atoms with E-state index in [1.165, 1.54) is 16.8 Å². The Kier molecular flexibility index (Phi) is 1.63. The van der Waals surface area contributed by atoms with Crippen LogP contribution in [0, 0.1) is 0 Å². The molecular weight excluding hydrogens is 188 g/mol. The van der Waals surface area contributed by atoms with Crippen molar-refractivity contribution in [1.29, 1.82) is 0 Å². The van der Waals surface area contributed by atoms with Crippen LogP contribution in [0.4, 0.5) is 9.59 Å². The predicted molar refractivity (Wildman–Crippen MR) is 45.2 cm³/mol. The van der Waals surface area contributed by atoms with E-state index < -0.39 is 24.1 Å². The van der Waals surface area contributed by atoms with Gasteiger partial charge in [-0.15, -0.1) is 0 Å². The summed E-state index contributed by atoms with van der Waals surface area (Å²) in [5, 5.41) is 4.62. The van der Waals surface area contributed by atoms with Gasteiger partial charge in [0, 0.05) is 14.1 Å². The molecule has 0 aromatic carbocycles. The lowest BCUT2D eigenvalue weighted by atomic mass is 10.2. The number of urea groups is 2. The van der Waals surface area contributed by atoms with Crippen molar-refractivity contribution in [3.63, 3.8) is 0 Å². The van der Waals surface area contributed by atoms with Crippen LogP contribution in [0.2, 0.25) is 0 Å². The quantitative estimate of drug-likeness (QED) is 0.498. The number of nitrogens with zero attached hydrogens (tertiary/aromatic N) is 2. The summed E-state index contributed by atoms with van der Waals surface area (Å²) in [6, 6.07) is -1.48. The molecule has 2 saturated heterocycles. The number of nitrogens with one attached hydrogen (secondary N) is 2. The topological polar surface area (TPSA) is 81.8 Å². The molecule has 5 amide bonds. The third-order valence-corrected chi connectivity index (χ3v) is 2.52. The van der Waals surface area contributed by atoms with Gasteiger partial charge in [0.05, 0.1) is 0 Å². The van der Waals surface area contributed by atoms with Crippen LogP contribution in [0.25, 0.3) is 0 Å². The summed E-state index contributed by atoms with van der Waals surface area (Å²) in [5.74, 6) is -0.445. The average molecular weight is 198 g/mol. The van der Waals surface area contributed by atoms with E-state index in [9.17, 15) is 14.4 Å². The van der Waals surface area contributed by atoms with Gasteiger partial charge in [-0.25, -0.2) is 9.59 Å². The lowest BCUT2D eigenvalue weighted by molar-refractivity contribution is -0.125. The van der Waals surface area contributed by atoms with Crippen molar-refractivity contribution in [1.82, 2.24) is 20.4 Å². The number of imide groups is 1. The average Bonchev–Trinajstić information content (AvgIpc) is 2.31. The summed E-state index contributed by atoms with van der Waals surface area (Å²) in [5.41, 5.74) is 0. The summed E-state index contributed by atoms with van der Waals surface area (Å²) in [6.45, 7) is 0. The fraction of sp³-hybridized carbons (Fsp3) is 0.571. The molecule has 2 aliphatic rings. The van der Waals surface area contributed by atoms with E-state index in [0.717, 1.165) is 0 Å². The molecule has 0 bridgehead atoms. The number of likely N-dealkylation sites (N-methyl/N-ethyl adjacent to an activating group) is 2. The Morgan fingerprint density at radius 1 is 1.14 bits per heavy atom. The Hall–Kier alpha value is -1.79. The Labute approximate surface area is 80.0 Å². The molecular formula is C7H10N4O3. The zero-order valence-electron chi connectivity index (χ0n) is 7.77. The van der Waals surface area contributed by atoms with Gasteiger partial charge >= 0.3 is 12.1 Å². The highest BCUT2D eigenvalue weighted by Crippen LogP contribution is 2.19. The summed E-state index contributed by atoms with van der Waals surface area (Å²) < 4.78 is 0. The number of hydrogen-bond donors (Lipinski definition) is 2. The Balaban J connectivity index is 2.33. The minimum absolute atomic E-state index is 0.280. The van der Waals surface area contributed by atoms with Gasteiger partial charge in [-0.3, -0.25) is 10.1 Å². The standard InChI is InChI=1S/C7H10N4O3/c1-10-3-4(11(2)7(10)14)8-6(13)9-5(3)12/h3-4H,1-2H3,(H2,8,9,12,13). The highest BCUT2D eigenvalue weighted by Gasteiger charge is 2.49. The van der Waals surface area contributed by atoms with E-state index in [1.807, 2.05) is 0 Å². The molecule has 0 radical (unpaired) electrons. The van der Waals surface area contributed by atoms with Crippen molar-refractivity contribution < 1.29 is 14.4 Å². The minimum Gasteiger partial charge on any atom is -0.315 e. The summed E-state index contributed by atoms with van der Waals surface area (Å²) in [6.07, 6.45) is -0.561. The van der Waals surface area contributed by atoms with Gasteiger partial charge in [-0.1, -0.05) is 0 Å². The van der Waals surface area contributed by atoms with Crippen LogP contribution < -0.4 is 10.6 Å². The number of carbonyl (C=O) groups excluding carboxylic acids is 3. The lowest BCUT2D eigenvalue weighted by Gasteiger charge is -2.29. The predicted octanol–water partition coefficient (Wildman–Crippen LogP) is -1.48. The number of rotatable bonds is 0. The second kappa shape index (κ2) is 2.60. The van der Waals surface area contributed by atoms with E-state index in [0.29, 0.717) is 0 Å². The molecule has 0 saturated carbocycles. The Morgan fingerprint density at radius 2 is 1.79 bits per heavy atom. The molecule has 2 atom stereocenters. The molecule has 2 heterocycles. The molecule has 2 aliphatic heterocycles. The van der Waals surface area contributed by atoms with Gasteiger partial charge in [0.2, 0.25) is 0 Å². The van der Waals surface area contributed by atoms with Crippen LogP contribution in [0.15, 0.2) is 0 Å². The molecule has 0 spiro atoms. The first-order chi connectivity index (χ1) is 6.52. The molecule has 0 aliphatic carbocycles. The van der Waals surface area contributed by atoms with E-state index in [4.69, 9.17) is 0 Å². The zero-order valence-corrected chi connectivity index (χ0v) is 7.77. The molecule has 2 N–H and O–H groups in total. The number of hydrogen-bond acceptors (Lipinski definition) is 3. The first kappa shape index (κ1) is 8.79. The van der Waals surface area contributed by atoms with Crippen LogP contribution in [-0.2, 0) is 4.79 Å². The first-order valence-electron chi connectivity index (χ1n) is 4.13. The molecule has 7 nitrogen and oxygen atoms in total. The lowest BCUT2D eigenvalue weighted by Crippen LogP contribution is -2.64. The second-order valence-electron chi connectivity index (χ2n) is 3.36. The van der Waals surface area contributed by atoms with Gasteiger partial charge in [-0.2, -0.15) is 0 Å². The molecule has 2 unspecified atom stereocenters. The van der Waals surface area contributed by atoms with Crippen molar-refractivity contribution in [3.05, 3.63) is 0 Å². The Morgan fingerprint density at radius 3 is 2.43 bits per heavy atom. The van der Waals surface area contributed by atoms with Crippen LogP contribution in [0.1, 0.15) is 0 Å². The Bertz CT molecular complexity index is 329. The number of carbonyl (C=O) groups is 3. The van der Waals surface area contributed by atoms with Crippen LogP contribution in [-0.4, -0.2) is 54.1 Å². The normalized spacial score (nSPS) is 31.4. The van der Waals surface area contributed by atoms with Crippen molar-refractivity contribution in [2.75, 3.05) is 14.1 Å². The first-order valence-corrected chi connectivity index (χ1v) is 4.13. The third kappa shape index (κ3) is 0.949. The molecule has 76 valence electrons. The molecule has 2 rings (SSSR count). The highest BCUT2D eigenvalue weighted by molar-refractivity contribution is 6.03. The van der Waals surface area contributed by atoms with Crippen LogP contribution >= 0.6 is 0 Å². The molecule has 2 fully saturated rings. The van der Waals surface area contributed by atoms with Crippen molar-refractivity contribution in [2.24, 2.45) is 0 Å². The van der Waals surface area contributed by atoms with E-state index in [2.05, 4.69) is 10.6 Å². The largest absolute Gasteiger partial charge is 0.323 e.